The van der Waals surface area contributed by atoms with Gasteiger partial charge in [-0.1, -0.05) is 69.5 Å². The summed E-state index contributed by atoms with van der Waals surface area (Å²) in [7, 11) is 0. The number of alkyl halides is 1. The smallest absolute Gasteiger partial charge is 0.310 e. The van der Waals surface area contributed by atoms with Crippen molar-refractivity contribution in [3.8, 4) is 0 Å². The Hall–Kier alpha value is -0.660. The van der Waals surface area contributed by atoms with Crippen LogP contribution in [0, 0.1) is 40.9 Å². The normalized spacial score (nSPS) is 35.8. The topological polar surface area (TPSA) is 69.7 Å². The van der Waals surface area contributed by atoms with Crippen molar-refractivity contribution in [1.29, 1.82) is 0 Å². The van der Waals surface area contributed by atoms with Crippen LogP contribution >= 0.6 is 22.6 Å². The van der Waals surface area contributed by atoms with Crippen LogP contribution in [0.5, 0.6) is 0 Å². The molecule has 6 heteroatoms. The first-order valence-corrected chi connectivity index (χ1v) is 15.4. The monoisotopic (exact) mass is 602 g/mol. The van der Waals surface area contributed by atoms with E-state index in [1.54, 1.807) is 0 Å². The number of ether oxygens (including phenoxy) is 2. The van der Waals surface area contributed by atoms with Gasteiger partial charge in [0.05, 0.1) is 10.3 Å². The summed E-state index contributed by atoms with van der Waals surface area (Å²) < 4.78 is 12.0. The van der Waals surface area contributed by atoms with Crippen molar-refractivity contribution in [2.45, 2.75) is 117 Å². The molecule has 1 heterocycles. The van der Waals surface area contributed by atoms with Crippen LogP contribution in [0.4, 0.5) is 0 Å². The van der Waals surface area contributed by atoms with Gasteiger partial charge in [-0.3, -0.25) is 14.4 Å². The molecule has 3 fully saturated rings. The number of fused-ring (bicyclic) bond motifs is 3. The molecular weight excluding hydrogens is 555 g/mol. The van der Waals surface area contributed by atoms with Crippen molar-refractivity contribution in [2.75, 3.05) is 4.43 Å². The minimum absolute atomic E-state index is 0.0187. The first-order chi connectivity index (χ1) is 16.4. The molecule has 1 saturated heterocycles. The Morgan fingerprint density at radius 2 is 1.80 bits per heavy atom. The van der Waals surface area contributed by atoms with Gasteiger partial charge in [0.1, 0.15) is 17.5 Å². The zero-order valence-electron chi connectivity index (χ0n) is 22.7. The van der Waals surface area contributed by atoms with Crippen LogP contribution in [0.2, 0.25) is 0 Å². The first-order valence-electron chi connectivity index (χ1n) is 13.9. The lowest BCUT2D eigenvalue weighted by atomic mass is 9.54. The lowest BCUT2D eigenvalue weighted by Gasteiger charge is -2.48. The largest absolute Gasteiger partial charge is 0.462 e. The molecule has 2 saturated carbocycles. The molecule has 0 radical (unpaired) electrons. The molecule has 0 spiro atoms. The molecule has 1 unspecified atom stereocenters. The molecule has 0 aromatic heterocycles. The highest BCUT2D eigenvalue weighted by atomic mass is 127. The standard InChI is InChI=1S/C29H47IO5/c1-18(2)8-7-9-19(3)23-10-11-24-26-25(13-14-28(23,24)5)29(6,35-27(26)33)15-12-22(34-20(4)31)16-21(32)17-30/h18-19,22-26H,7-17H2,1-6H3/t19-,22?,23-,24+,25+,26+,28-,29-/m1/s1. The van der Waals surface area contributed by atoms with Gasteiger partial charge in [-0.25, -0.2) is 0 Å². The Bertz CT molecular complexity index is 781. The van der Waals surface area contributed by atoms with E-state index < -0.39 is 11.7 Å². The average Bonchev–Trinajstić information content (AvgIpc) is 3.24. The van der Waals surface area contributed by atoms with E-state index in [2.05, 4.69) is 34.6 Å². The molecule has 5 nitrogen and oxygen atoms in total. The van der Waals surface area contributed by atoms with Crippen molar-refractivity contribution in [3.63, 3.8) is 0 Å². The van der Waals surface area contributed by atoms with Crippen LogP contribution in [0.25, 0.3) is 0 Å². The van der Waals surface area contributed by atoms with Gasteiger partial charge in [0.25, 0.3) is 0 Å². The van der Waals surface area contributed by atoms with Crippen LogP contribution in [0.1, 0.15) is 106 Å². The molecule has 8 atom stereocenters. The molecular formula is C29H47IO5. The predicted octanol–water partition coefficient (Wildman–Crippen LogP) is 6.93. The molecule has 2 aliphatic carbocycles. The van der Waals surface area contributed by atoms with Gasteiger partial charge >= 0.3 is 11.9 Å². The van der Waals surface area contributed by atoms with E-state index in [9.17, 15) is 14.4 Å². The molecule has 3 rings (SSSR count). The number of esters is 2. The van der Waals surface area contributed by atoms with Crippen molar-refractivity contribution in [1.82, 2.24) is 0 Å². The zero-order chi connectivity index (χ0) is 26.0. The first kappa shape index (κ1) is 28.9. The van der Waals surface area contributed by atoms with Crippen molar-refractivity contribution in [2.24, 2.45) is 40.9 Å². The fourth-order valence-corrected chi connectivity index (χ4v) is 8.29. The maximum Gasteiger partial charge on any atom is 0.310 e. The quantitative estimate of drug-likeness (QED) is 0.138. The number of carbonyl (C=O) groups is 3. The third kappa shape index (κ3) is 6.43. The third-order valence-corrected chi connectivity index (χ3v) is 10.6. The summed E-state index contributed by atoms with van der Waals surface area (Å²) >= 11 is 2.05. The van der Waals surface area contributed by atoms with E-state index in [0.717, 1.165) is 25.2 Å². The highest BCUT2D eigenvalue weighted by Crippen LogP contribution is 2.65. The average molecular weight is 603 g/mol. The summed E-state index contributed by atoms with van der Waals surface area (Å²) in [6.45, 7) is 13.0. The van der Waals surface area contributed by atoms with Crippen LogP contribution in [-0.2, 0) is 23.9 Å². The zero-order valence-corrected chi connectivity index (χ0v) is 24.9. The van der Waals surface area contributed by atoms with Gasteiger partial charge in [-0.05, 0) is 74.5 Å². The number of cyclic esters (lactones) is 1. The van der Waals surface area contributed by atoms with Gasteiger partial charge in [0.15, 0.2) is 0 Å². The Morgan fingerprint density at radius 3 is 2.43 bits per heavy atom. The Labute approximate surface area is 226 Å². The lowest BCUT2D eigenvalue weighted by Crippen LogP contribution is -2.46. The van der Waals surface area contributed by atoms with Gasteiger partial charge in [-0.15, -0.1) is 0 Å². The summed E-state index contributed by atoms with van der Waals surface area (Å²) in [6.07, 6.45) is 9.37. The fraction of sp³-hybridized carbons (Fsp3) is 0.897. The van der Waals surface area contributed by atoms with E-state index in [-0.39, 0.29) is 41.4 Å². The van der Waals surface area contributed by atoms with Crippen LogP contribution in [0.3, 0.4) is 0 Å². The summed E-state index contributed by atoms with van der Waals surface area (Å²) in [4.78, 5) is 36.9. The third-order valence-electron chi connectivity index (χ3n) is 9.76. The summed E-state index contributed by atoms with van der Waals surface area (Å²) in [6, 6.07) is 0. The summed E-state index contributed by atoms with van der Waals surface area (Å²) in [5, 5.41) is 0. The second-order valence-corrected chi connectivity index (χ2v) is 13.4. The number of hydrogen-bond acceptors (Lipinski definition) is 5. The van der Waals surface area contributed by atoms with Crippen molar-refractivity contribution < 1.29 is 23.9 Å². The Balaban J connectivity index is 1.68. The lowest BCUT2D eigenvalue weighted by molar-refractivity contribution is -0.155. The van der Waals surface area contributed by atoms with E-state index in [1.165, 1.54) is 32.6 Å². The maximum absolute atomic E-state index is 13.3. The minimum atomic E-state index is -0.546. The van der Waals surface area contributed by atoms with E-state index in [0.29, 0.717) is 35.0 Å². The minimum Gasteiger partial charge on any atom is -0.462 e. The number of halogens is 1. The summed E-state index contributed by atoms with van der Waals surface area (Å²) in [5.41, 5.74) is -0.328. The van der Waals surface area contributed by atoms with Gasteiger partial charge in [-0.2, -0.15) is 0 Å². The molecule has 0 aromatic carbocycles. The molecule has 3 aliphatic rings. The number of hydrogen-bond donors (Lipinski definition) is 0. The highest BCUT2D eigenvalue weighted by Gasteiger charge is 2.64. The fourth-order valence-electron chi connectivity index (χ4n) is 7.98. The molecule has 35 heavy (non-hydrogen) atoms. The SMILES string of the molecule is CC(=O)OC(CC[C@@]1(C)OC(=O)[C@H]2[C@@H]3CC[C@H]([C@H](C)CCCC(C)C)[C@@]3(C)CC[C@@H]21)CC(=O)CI. The molecule has 1 aliphatic heterocycles. The maximum atomic E-state index is 13.3. The van der Waals surface area contributed by atoms with E-state index >= 15 is 0 Å². The molecule has 0 aromatic rings. The number of carbonyl (C=O) groups excluding carboxylic acids is 3. The van der Waals surface area contributed by atoms with E-state index in [1.807, 2.05) is 22.6 Å². The predicted molar refractivity (Wildman–Crippen MR) is 146 cm³/mol. The summed E-state index contributed by atoms with van der Waals surface area (Å²) in [5.74, 6) is 2.43. The van der Waals surface area contributed by atoms with Crippen molar-refractivity contribution >= 4 is 40.3 Å². The Kier molecular flexibility index (Phi) is 9.75. The molecule has 0 bridgehead atoms. The van der Waals surface area contributed by atoms with Gasteiger partial charge < -0.3 is 9.47 Å². The number of rotatable bonds is 12. The molecule has 0 amide bonds. The molecule has 0 N–H and O–H groups in total. The highest BCUT2D eigenvalue weighted by molar-refractivity contribution is 14.1. The second kappa shape index (κ2) is 11.8. The second-order valence-electron chi connectivity index (χ2n) is 12.6. The van der Waals surface area contributed by atoms with Crippen molar-refractivity contribution in [3.05, 3.63) is 0 Å². The van der Waals surface area contributed by atoms with Crippen LogP contribution in [0.15, 0.2) is 0 Å². The number of ketones is 1. The van der Waals surface area contributed by atoms with Gasteiger partial charge in [0, 0.05) is 19.3 Å². The van der Waals surface area contributed by atoms with Crippen LogP contribution in [-0.4, -0.2) is 33.9 Å². The van der Waals surface area contributed by atoms with E-state index in [4.69, 9.17) is 9.47 Å². The number of Topliss-reactive ketones (excluding diaryl/α,β-unsaturated/α-hetero) is 1. The Morgan fingerprint density at radius 1 is 1.09 bits per heavy atom. The molecule has 200 valence electrons. The van der Waals surface area contributed by atoms with Crippen LogP contribution < -0.4 is 0 Å². The van der Waals surface area contributed by atoms with Gasteiger partial charge in [0.2, 0.25) is 0 Å².